The van der Waals surface area contributed by atoms with Crippen molar-refractivity contribution < 1.29 is 19.4 Å². The number of halogens is 1. The maximum absolute atomic E-state index is 13.6. The van der Waals surface area contributed by atoms with E-state index in [2.05, 4.69) is 17.3 Å². The predicted molar refractivity (Wildman–Crippen MR) is 154 cm³/mol. The van der Waals surface area contributed by atoms with Crippen molar-refractivity contribution in [3.05, 3.63) is 35.0 Å². The molecule has 1 saturated heterocycles. The lowest BCUT2D eigenvalue weighted by atomic mass is 9.94. The number of aliphatic hydroxyl groups excluding tert-OH is 1. The molecule has 1 aliphatic carbocycles. The van der Waals surface area contributed by atoms with Gasteiger partial charge in [-0.2, -0.15) is 0 Å². The second kappa shape index (κ2) is 14.3. The highest BCUT2D eigenvalue weighted by molar-refractivity contribution is 6.31. The van der Waals surface area contributed by atoms with Crippen molar-refractivity contribution in [2.45, 2.75) is 57.1 Å². The molecule has 2 aromatic rings. The highest BCUT2D eigenvalue weighted by Crippen LogP contribution is 2.31. The molecule has 0 bridgehead atoms. The third-order valence-corrected chi connectivity index (χ3v) is 7.87. The molecule has 1 atom stereocenters. The van der Waals surface area contributed by atoms with Gasteiger partial charge in [0.05, 0.1) is 0 Å². The Hall–Kier alpha value is -2.46. The molecule has 0 radical (unpaired) electrons. The molecule has 39 heavy (non-hydrogen) atoms. The predicted octanol–water partition coefficient (Wildman–Crippen LogP) is 4.02. The minimum absolute atomic E-state index is 0.118. The lowest BCUT2D eigenvalue weighted by molar-refractivity contribution is 0.0495. The first-order valence-corrected chi connectivity index (χ1v) is 14.4. The van der Waals surface area contributed by atoms with Gasteiger partial charge >= 0.3 is 0 Å². The largest absolute Gasteiger partial charge is 0.491 e. The summed E-state index contributed by atoms with van der Waals surface area (Å²) in [7, 11) is 5.67. The Kier molecular flexibility index (Phi) is 10.8. The smallest absolute Gasteiger partial charge is 0.272 e. The summed E-state index contributed by atoms with van der Waals surface area (Å²) in [4.78, 5) is 27.2. The summed E-state index contributed by atoms with van der Waals surface area (Å²) in [5, 5.41) is 13.4. The van der Waals surface area contributed by atoms with Crippen molar-refractivity contribution in [2.75, 3.05) is 59.0 Å². The summed E-state index contributed by atoms with van der Waals surface area (Å²) in [5.74, 6) is 1.94. The summed E-state index contributed by atoms with van der Waals surface area (Å²) in [6.07, 6.45) is 7.11. The van der Waals surface area contributed by atoms with Crippen LogP contribution in [0.1, 0.15) is 55.4 Å². The first-order chi connectivity index (χ1) is 18.8. The fraction of sp³-hybridized carbons (Fsp3) is 0.621. The third kappa shape index (κ3) is 8.27. The standard InChI is InChI=1S/C29H42ClN5O4/c1-31-17-24(36)19-39-25-14-21(13-22(30)15-25)28-32-26(29(37)34(2)18-20-9-11-38-12-10-20)16-27(33-28)35(3)23-7-5-4-6-8-23/h13-16,20,23-24,31,36H,4-12,17-19H2,1-3H3. The van der Waals surface area contributed by atoms with Crippen LogP contribution in [0.5, 0.6) is 5.75 Å². The van der Waals surface area contributed by atoms with Crippen LogP contribution in [0.25, 0.3) is 11.4 Å². The van der Waals surface area contributed by atoms with Crippen LogP contribution in [0, 0.1) is 5.92 Å². The Bertz CT molecular complexity index is 1090. The third-order valence-electron chi connectivity index (χ3n) is 7.65. The molecule has 1 aliphatic heterocycles. The lowest BCUT2D eigenvalue weighted by Crippen LogP contribution is -2.36. The molecule has 10 heteroatoms. The Labute approximate surface area is 236 Å². The second-order valence-corrected chi connectivity index (χ2v) is 11.2. The summed E-state index contributed by atoms with van der Waals surface area (Å²) >= 11 is 6.46. The number of aliphatic hydroxyl groups is 1. The van der Waals surface area contributed by atoms with Crippen LogP contribution < -0.4 is 15.0 Å². The van der Waals surface area contributed by atoms with Crippen LogP contribution in [-0.2, 0) is 4.74 Å². The Balaban J connectivity index is 1.64. The van der Waals surface area contributed by atoms with E-state index in [9.17, 15) is 9.90 Å². The van der Waals surface area contributed by atoms with Crippen molar-refractivity contribution in [1.29, 1.82) is 0 Å². The van der Waals surface area contributed by atoms with E-state index >= 15 is 0 Å². The molecule has 9 nitrogen and oxygen atoms in total. The molecular weight excluding hydrogens is 518 g/mol. The van der Waals surface area contributed by atoms with E-state index in [4.69, 9.17) is 31.0 Å². The van der Waals surface area contributed by atoms with Crippen LogP contribution in [0.3, 0.4) is 0 Å². The van der Waals surface area contributed by atoms with Crippen LogP contribution in [0.2, 0.25) is 5.02 Å². The van der Waals surface area contributed by atoms with Crippen LogP contribution >= 0.6 is 11.6 Å². The van der Waals surface area contributed by atoms with Crippen LogP contribution in [0.4, 0.5) is 5.82 Å². The van der Waals surface area contributed by atoms with Gasteiger partial charge in [-0.25, -0.2) is 9.97 Å². The van der Waals surface area contributed by atoms with E-state index in [0.717, 1.165) is 44.7 Å². The lowest BCUT2D eigenvalue weighted by Gasteiger charge is -2.32. The average molecular weight is 560 g/mol. The molecule has 1 aromatic carbocycles. The number of aromatic nitrogens is 2. The number of nitrogens with zero attached hydrogens (tertiary/aromatic N) is 4. The number of likely N-dealkylation sites (N-methyl/N-ethyl adjacent to an activating group) is 1. The molecule has 1 aromatic heterocycles. The van der Waals surface area contributed by atoms with Crippen molar-refractivity contribution in [3.8, 4) is 17.1 Å². The minimum atomic E-state index is -0.656. The van der Waals surface area contributed by atoms with E-state index in [1.54, 1.807) is 30.1 Å². The van der Waals surface area contributed by atoms with Gasteiger partial charge < -0.3 is 29.7 Å². The summed E-state index contributed by atoms with van der Waals surface area (Å²) in [6, 6.07) is 7.46. The molecule has 2 fully saturated rings. The zero-order valence-corrected chi connectivity index (χ0v) is 24.1. The molecule has 2 heterocycles. The van der Waals surface area contributed by atoms with Gasteiger partial charge in [-0.05, 0) is 56.8 Å². The first-order valence-electron chi connectivity index (χ1n) is 14.1. The Morgan fingerprint density at radius 1 is 1.13 bits per heavy atom. The molecule has 0 spiro atoms. The van der Waals surface area contributed by atoms with E-state index < -0.39 is 6.10 Å². The van der Waals surface area contributed by atoms with Crippen molar-refractivity contribution in [1.82, 2.24) is 20.2 Å². The van der Waals surface area contributed by atoms with E-state index in [1.807, 2.05) is 13.1 Å². The topological polar surface area (TPSA) is 100 Å². The van der Waals surface area contributed by atoms with Gasteiger partial charge in [0.25, 0.3) is 5.91 Å². The maximum atomic E-state index is 13.6. The summed E-state index contributed by atoms with van der Waals surface area (Å²) in [5.41, 5.74) is 1.01. The van der Waals surface area contributed by atoms with E-state index in [-0.39, 0.29) is 12.5 Å². The molecule has 214 valence electrons. The highest BCUT2D eigenvalue weighted by Gasteiger charge is 2.25. The van der Waals surface area contributed by atoms with Crippen LogP contribution in [0.15, 0.2) is 24.3 Å². The van der Waals surface area contributed by atoms with Gasteiger partial charge in [-0.1, -0.05) is 30.9 Å². The molecule has 4 rings (SSSR count). The normalized spacial score (nSPS) is 17.6. The number of anilines is 1. The number of hydrogen-bond acceptors (Lipinski definition) is 8. The number of carbonyl (C=O) groups is 1. The SMILES string of the molecule is CNCC(O)COc1cc(Cl)cc(-c2nc(C(=O)N(C)CC3CCOCC3)cc(N(C)C3CCCCC3)n2)c1. The van der Waals surface area contributed by atoms with Crippen molar-refractivity contribution >= 4 is 23.3 Å². The van der Waals surface area contributed by atoms with Gasteiger partial charge in [0.15, 0.2) is 5.82 Å². The molecule has 2 N–H and O–H groups in total. The number of hydrogen-bond donors (Lipinski definition) is 2. The first kappa shape index (κ1) is 29.5. The second-order valence-electron chi connectivity index (χ2n) is 10.8. The molecule has 1 amide bonds. The molecule has 1 unspecified atom stereocenters. The van der Waals surface area contributed by atoms with Gasteiger partial charge in [-0.15, -0.1) is 0 Å². The maximum Gasteiger partial charge on any atom is 0.272 e. The van der Waals surface area contributed by atoms with Gasteiger partial charge in [-0.3, -0.25) is 4.79 Å². The number of benzene rings is 1. The monoisotopic (exact) mass is 559 g/mol. The molecular formula is C29H42ClN5O4. The number of carbonyl (C=O) groups excluding carboxylic acids is 1. The van der Waals surface area contributed by atoms with Gasteiger partial charge in [0.1, 0.15) is 30.0 Å². The van der Waals surface area contributed by atoms with E-state index in [1.165, 1.54) is 19.3 Å². The Morgan fingerprint density at radius 2 is 1.87 bits per heavy atom. The fourth-order valence-corrected chi connectivity index (χ4v) is 5.59. The average Bonchev–Trinajstić information content (AvgIpc) is 2.96. The van der Waals surface area contributed by atoms with Gasteiger partial charge in [0.2, 0.25) is 0 Å². The number of rotatable bonds is 11. The Morgan fingerprint density at radius 3 is 2.59 bits per heavy atom. The molecule has 2 aliphatic rings. The number of ether oxygens (including phenoxy) is 2. The zero-order valence-electron chi connectivity index (χ0n) is 23.4. The van der Waals surface area contributed by atoms with Crippen LogP contribution in [-0.4, -0.2) is 92.1 Å². The van der Waals surface area contributed by atoms with E-state index in [0.29, 0.717) is 52.9 Å². The molecule has 1 saturated carbocycles. The highest BCUT2D eigenvalue weighted by atomic mass is 35.5. The summed E-state index contributed by atoms with van der Waals surface area (Å²) in [6.45, 7) is 2.68. The number of nitrogens with one attached hydrogen (secondary N) is 1. The van der Waals surface area contributed by atoms with Gasteiger partial charge in [0, 0.05) is 63.1 Å². The zero-order chi connectivity index (χ0) is 27.8. The minimum Gasteiger partial charge on any atom is -0.491 e. The van der Waals surface area contributed by atoms with Crippen molar-refractivity contribution in [2.24, 2.45) is 5.92 Å². The van der Waals surface area contributed by atoms with Crippen molar-refractivity contribution in [3.63, 3.8) is 0 Å². The number of amides is 1. The quantitative estimate of drug-likeness (QED) is 0.426. The summed E-state index contributed by atoms with van der Waals surface area (Å²) < 4.78 is 11.3. The fourth-order valence-electron chi connectivity index (χ4n) is 5.37.